The molecule has 2 aliphatic heterocycles. The molecule has 0 unspecified atom stereocenters. The molecule has 4 heteroatoms. The average Bonchev–Trinajstić information content (AvgIpc) is 2.38. The van der Waals surface area contributed by atoms with Crippen LogP contribution in [0.25, 0.3) is 0 Å². The van der Waals surface area contributed by atoms with Crippen LogP contribution in [-0.2, 0) is 9.47 Å². The standard InChI is InChI=1S/C9H18N2O2/c1-6(2)9-12-7-3-10-5-11-4-8(7)13-9/h6-11H,3-5H2,1-2H3/t7-,8-/m1/s1. The van der Waals surface area contributed by atoms with Crippen LogP contribution >= 0.6 is 0 Å². The van der Waals surface area contributed by atoms with Gasteiger partial charge in [-0.2, -0.15) is 0 Å². The highest BCUT2D eigenvalue weighted by Gasteiger charge is 2.37. The van der Waals surface area contributed by atoms with Gasteiger partial charge in [-0.3, -0.25) is 0 Å². The Hall–Kier alpha value is -0.160. The summed E-state index contributed by atoms with van der Waals surface area (Å²) in [6.45, 7) is 6.88. The van der Waals surface area contributed by atoms with E-state index >= 15 is 0 Å². The third kappa shape index (κ3) is 2.02. The van der Waals surface area contributed by atoms with Gasteiger partial charge in [-0.15, -0.1) is 0 Å². The highest BCUT2D eigenvalue weighted by molar-refractivity contribution is 4.84. The van der Waals surface area contributed by atoms with Crippen molar-refractivity contribution in [2.75, 3.05) is 19.8 Å². The van der Waals surface area contributed by atoms with E-state index in [1.54, 1.807) is 0 Å². The Morgan fingerprint density at radius 2 is 1.62 bits per heavy atom. The van der Waals surface area contributed by atoms with E-state index in [2.05, 4.69) is 24.5 Å². The fourth-order valence-electron chi connectivity index (χ4n) is 1.74. The number of fused-ring (bicyclic) bond motifs is 1. The van der Waals surface area contributed by atoms with Crippen molar-refractivity contribution < 1.29 is 9.47 Å². The smallest absolute Gasteiger partial charge is 0.160 e. The lowest BCUT2D eigenvalue weighted by Crippen LogP contribution is -2.32. The third-order valence-corrected chi connectivity index (χ3v) is 2.52. The molecule has 4 nitrogen and oxygen atoms in total. The topological polar surface area (TPSA) is 42.5 Å². The van der Waals surface area contributed by atoms with Gasteiger partial charge in [0.15, 0.2) is 6.29 Å². The summed E-state index contributed by atoms with van der Waals surface area (Å²) >= 11 is 0. The lowest BCUT2D eigenvalue weighted by atomic mass is 10.2. The average molecular weight is 186 g/mol. The molecule has 0 amide bonds. The first-order valence-corrected chi connectivity index (χ1v) is 4.99. The van der Waals surface area contributed by atoms with Crippen LogP contribution in [0.2, 0.25) is 0 Å². The summed E-state index contributed by atoms with van der Waals surface area (Å²) in [6.07, 6.45) is 0.432. The molecule has 2 heterocycles. The van der Waals surface area contributed by atoms with Gasteiger partial charge >= 0.3 is 0 Å². The number of rotatable bonds is 1. The normalized spacial score (nSPS) is 36.2. The largest absolute Gasteiger partial charge is 0.345 e. The van der Waals surface area contributed by atoms with Crippen molar-refractivity contribution in [1.82, 2.24) is 10.6 Å². The third-order valence-electron chi connectivity index (χ3n) is 2.52. The second-order valence-electron chi connectivity index (χ2n) is 4.05. The Kier molecular flexibility index (Phi) is 2.83. The molecule has 13 heavy (non-hydrogen) atoms. The van der Waals surface area contributed by atoms with Crippen molar-refractivity contribution in [2.45, 2.75) is 32.3 Å². The minimum Gasteiger partial charge on any atom is -0.345 e. The molecule has 2 atom stereocenters. The van der Waals surface area contributed by atoms with Gasteiger partial charge in [-0.25, -0.2) is 0 Å². The Balaban J connectivity index is 1.94. The molecule has 0 aliphatic carbocycles. The molecule has 76 valence electrons. The predicted molar refractivity (Wildman–Crippen MR) is 49.2 cm³/mol. The molecule has 2 rings (SSSR count). The van der Waals surface area contributed by atoms with Crippen LogP contribution in [-0.4, -0.2) is 38.3 Å². The van der Waals surface area contributed by atoms with Crippen molar-refractivity contribution in [1.29, 1.82) is 0 Å². The predicted octanol–water partition coefficient (Wildman–Crippen LogP) is -0.0972. The number of hydrogen-bond donors (Lipinski definition) is 2. The van der Waals surface area contributed by atoms with Crippen molar-refractivity contribution in [3.63, 3.8) is 0 Å². The van der Waals surface area contributed by atoms with Crippen LogP contribution in [0.4, 0.5) is 0 Å². The minimum absolute atomic E-state index is 0.0169. The van der Waals surface area contributed by atoms with Gasteiger partial charge < -0.3 is 20.1 Å². The first-order valence-electron chi connectivity index (χ1n) is 4.99. The lowest BCUT2D eigenvalue weighted by Gasteiger charge is -2.14. The maximum atomic E-state index is 5.78. The van der Waals surface area contributed by atoms with Gasteiger partial charge in [0.05, 0.1) is 0 Å². The zero-order chi connectivity index (χ0) is 9.26. The summed E-state index contributed by atoms with van der Waals surface area (Å²) in [5.41, 5.74) is 0. The SMILES string of the molecule is CC(C)C1O[C@@H]2CNCNC[C@H]2O1. The summed E-state index contributed by atoms with van der Waals surface area (Å²) in [5.74, 6) is 0.437. The molecule has 0 spiro atoms. The lowest BCUT2D eigenvalue weighted by molar-refractivity contribution is -0.0955. The van der Waals surface area contributed by atoms with Crippen LogP contribution in [0.1, 0.15) is 13.8 Å². The van der Waals surface area contributed by atoms with Crippen LogP contribution < -0.4 is 10.6 Å². The molecule has 2 aliphatic rings. The molecule has 2 N–H and O–H groups in total. The van der Waals surface area contributed by atoms with Gasteiger partial charge in [-0.1, -0.05) is 13.8 Å². The monoisotopic (exact) mass is 186 g/mol. The fourth-order valence-corrected chi connectivity index (χ4v) is 1.74. The Labute approximate surface area is 79.0 Å². The zero-order valence-electron chi connectivity index (χ0n) is 8.25. The second-order valence-corrected chi connectivity index (χ2v) is 4.05. The van der Waals surface area contributed by atoms with E-state index < -0.39 is 0 Å². The molecule has 0 bridgehead atoms. The summed E-state index contributed by atoms with van der Waals surface area (Å²) in [5, 5.41) is 6.52. The molecular weight excluding hydrogens is 168 g/mol. The van der Waals surface area contributed by atoms with Crippen molar-refractivity contribution in [3.05, 3.63) is 0 Å². The Morgan fingerprint density at radius 1 is 1.08 bits per heavy atom. The van der Waals surface area contributed by atoms with Crippen molar-refractivity contribution in [2.24, 2.45) is 5.92 Å². The summed E-state index contributed by atoms with van der Waals surface area (Å²) in [4.78, 5) is 0. The Morgan fingerprint density at radius 3 is 2.08 bits per heavy atom. The minimum atomic E-state index is -0.0169. The highest BCUT2D eigenvalue weighted by Crippen LogP contribution is 2.24. The molecular formula is C9H18N2O2. The molecule has 0 aromatic rings. The van der Waals surface area contributed by atoms with E-state index in [0.717, 1.165) is 19.8 Å². The van der Waals surface area contributed by atoms with E-state index in [1.807, 2.05) is 0 Å². The molecule has 2 saturated heterocycles. The summed E-state index contributed by atoms with van der Waals surface area (Å²) < 4.78 is 11.6. The first-order chi connectivity index (χ1) is 6.27. The van der Waals surface area contributed by atoms with Gasteiger partial charge in [-0.05, 0) is 0 Å². The molecule has 0 aromatic heterocycles. The maximum Gasteiger partial charge on any atom is 0.160 e. The summed E-state index contributed by atoms with van der Waals surface area (Å²) in [7, 11) is 0. The van der Waals surface area contributed by atoms with E-state index in [1.165, 1.54) is 0 Å². The van der Waals surface area contributed by atoms with Crippen LogP contribution in [0.3, 0.4) is 0 Å². The van der Waals surface area contributed by atoms with E-state index in [9.17, 15) is 0 Å². The van der Waals surface area contributed by atoms with Gasteiger partial charge in [0, 0.05) is 25.7 Å². The van der Waals surface area contributed by atoms with Gasteiger partial charge in [0.2, 0.25) is 0 Å². The first kappa shape index (κ1) is 9.40. The number of nitrogens with one attached hydrogen (secondary N) is 2. The van der Waals surface area contributed by atoms with Gasteiger partial charge in [0.1, 0.15) is 12.2 Å². The van der Waals surface area contributed by atoms with Crippen LogP contribution in [0.15, 0.2) is 0 Å². The molecule has 0 radical (unpaired) electrons. The fraction of sp³-hybridized carbons (Fsp3) is 1.00. The summed E-state index contributed by atoms with van der Waals surface area (Å²) in [6, 6.07) is 0. The maximum absolute atomic E-state index is 5.78. The molecule has 0 aromatic carbocycles. The number of ether oxygens (including phenoxy) is 2. The molecule has 0 saturated carbocycles. The zero-order valence-corrected chi connectivity index (χ0v) is 8.25. The highest BCUT2D eigenvalue weighted by atomic mass is 16.7. The van der Waals surface area contributed by atoms with Gasteiger partial charge in [0.25, 0.3) is 0 Å². The Bertz CT molecular complexity index is 161. The van der Waals surface area contributed by atoms with E-state index in [4.69, 9.17) is 9.47 Å². The van der Waals surface area contributed by atoms with Crippen molar-refractivity contribution in [3.8, 4) is 0 Å². The quantitative estimate of drug-likeness (QED) is 0.600. The van der Waals surface area contributed by atoms with Crippen LogP contribution in [0.5, 0.6) is 0 Å². The number of hydrogen-bond acceptors (Lipinski definition) is 4. The second kappa shape index (κ2) is 3.92. The van der Waals surface area contributed by atoms with E-state index in [0.29, 0.717) is 5.92 Å². The van der Waals surface area contributed by atoms with Crippen molar-refractivity contribution >= 4 is 0 Å². The van der Waals surface area contributed by atoms with E-state index in [-0.39, 0.29) is 18.5 Å². The molecule has 2 fully saturated rings. The van der Waals surface area contributed by atoms with Crippen LogP contribution in [0, 0.1) is 5.92 Å².